The first-order valence-corrected chi connectivity index (χ1v) is 3.96. The molecule has 0 aliphatic carbocycles. The molecule has 0 saturated heterocycles. The highest BCUT2D eigenvalue weighted by Crippen LogP contribution is 1.94. The molecule has 0 rings (SSSR count). The summed E-state index contributed by atoms with van der Waals surface area (Å²) in [4.78, 5) is 14.0. The van der Waals surface area contributed by atoms with Crippen molar-refractivity contribution in [3.63, 3.8) is 0 Å². The first-order valence-electron chi connectivity index (χ1n) is 3.96. The highest BCUT2D eigenvalue weighted by Gasteiger charge is 2.16. The standard InChI is InChI=1S/C7H15NO4/c1-2-4-8-5-3-6(12-11)7(9)10/h6,8,11H,2-5H2,1H3,(H,9,10). The largest absolute Gasteiger partial charge is 0.479 e. The Morgan fingerprint density at radius 3 is 2.67 bits per heavy atom. The van der Waals surface area contributed by atoms with Crippen LogP contribution in [0, 0.1) is 0 Å². The van der Waals surface area contributed by atoms with E-state index in [-0.39, 0.29) is 6.42 Å². The minimum atomic E-state index is -1.14. The van der Waals surface area contributed by atoms with Crippen molar-refractivity contribution in [2.24, 2.45) is 0 Å². The van der Waals surface area contributed by atoms with Gasteiger partial charge in [0.1, 0.15) is 0 Å². The van der Waals surface area contributed by atoms with Gasteiger partial charge < -0.3 is 10.4 Å². The summed E-state index contributed by atoms with van der Waals surface area (Å²) in [6, 6.07) is 0. The maximum atomic E-state index is 10.3. The molecule has 0 aliphatic rings. The molecule has 0 aliphatic heterocycles. The fourth-order valence-corrected chi connectivity index (χ4v) is 0.756. The Balaban J connectivity index is 3.38. The first-order chi connectivity index (χ1) is 5.72. The molecule has 12 heavy (non-hydrogen) atoms. The number of hydrogen-bond donors (Lipinski definition) is 3. The lowest BCUT2D eigenvalue weighted by Crippen LogP contribution is -2.28. The number of hydrogen-bond acceptors (Lipinski definition) is 4. The van der Waals surface area contributed by atoms with Crippen LogP contribution in [0.25, 0.3) is 0 Å². The van der Waals surface area contributed by atoms with E-state index in [0.29, 0.717) is 6.54 Å². The van der Waals surface area contributed by atoms with Crippen LogP contribution in [0.15, 0.2) is 0 Å². The van der Waals surface area contributed by atoms with Gasteiger partial charge in [0.15, 0.2) is 6.10 Å². The van der Waals surface area contributed by atoms with Crippen molar-refractivity contribution in [3.05, 3.63) is 0 Å². The third-order valence-electron chi connectivity index (χ3n) is 1.41. The van der Waals surface area contributed by atoms with Crippen LogP contribution in [0.1, 0.15) is 19.8 Å². The van der Waals surface area contributed by atoms with Gasteiger partial charge in [-0.25, -0.2) is 9.68 Å². The molecule has 0 aromatic rings. The molecule has 0 spiro atoms. The average Bonchev–Trinajstić information content (AvgIpc) is 2.04. The summed E-state index contributed by atoms with van der Waals surface area (Å²) in [5.41, 5.74) is 0. The van der Waals surface area contributed by atoms with Gasteiger partial charge in [-0.1, -0.05) is 6.92 Å². The molecule has 0 saturated carbocycles. The van der Waals surface area contributed by atoms with E-state index in [2.05, 4.69) is 10.2 Å². The Morgan fingerprint density at radius 2 is 2.25 bits per heavy atom. The second-order valence-corrected chi connectivity index (χ2v) is 2.47. The van der Waals surface area contributed by atoms with Crippen molar-refractivity contribution < 1.29 is 20.0 Å². The zero-order valence-electron chi connectivity index (χ0n) is 7.12. The molecule has 0 heterocycles. The van der Waals surface area contributed by atoms with Gasteiger partial charge in [0.05, 0.1) is 0 Å². The van der Waals surface area contributed by atoms with Crippen LogP contribution >= 0.6 is 0 Å². The quantitative estimate of drug-likeness (QED) is 0.296. The van der Waals surface area contributed by atoms with E-state index in [9.17, 15) is 4.79 Å². The van der Waals surface area contributed by atoms with Crippen LogP contribution in [-0.2, 0) is 9.68 Å². The van der Waals surface area contributed by atoms with E-state index in [1.165, 1.54) is 0 Å². The first kappa shape index (κ1) is 11.4. The number of rotatable bonds is 7. The number of carbonyl (C=O) groups is 1. The van der Waals surface area contributed by atoms with Gasteiger partial charge in [-0.05, 0) is 19.5 Å². The second-order valence-electron chi connectivity index (χ2n) is 2.47. The molecule has 1 unspecified atom stereocenters. The molecule has 3 N–H and O–H groups in total. The van der Waals surface area contributed by atoms with Gasteiger partial charge in [-0.2, -0.15) is 0 Å². The SMILES string of the molecule is CCCNCCC(OO)C(=O)O. The van der Waals surface area contributed by atoms with Crippen molar-refractivity contribution in [3.8, 4) is 0 Å². The molecule has 1 atom stereocenters. The normalized spacial score (nSPS) is 12.8. The Labute approximate surface area is 71.3 Å². The fourth-order valence-electron chi connectivity index (χ4n) is 0.756. The van der Waals surface area contributed by atoms with Gasteiger partial charge in [0.25, 0.3) is 0 Å². The zero-order valence-corrected chi connectivity index (χ0v) is 7.12. The summed E-state index contributed by atoms with van der Waals surface area (Å²) in [7, 11) is 0. The van der Waals surface area contributed by atoms with Crippen LogP contribution in [0.3, 0.4) is 0 Å². The lowest BCUT2D eigenvalue weighted by Gasteiger charge is -2.08. The van der Waals surface area contributed by atoms with Crippen LogP contribution in [-0.4, -0.2) is 35.5 Å². The molecule has 5 heteroatoms. The Bertz CT molecular complexity index is 129. The number of carboxylic acid groups (broad SMARTS) is 1. The molecule has 0 aromatic heterocycles. The van der Waals surface area contributed by atoms with Crippen molar-refractivity contribution in [1.29, 1.82) is 0 Å². The van der Waals surface area contributed by atoms with Crippen molar-refractivity contribution in [1.82, 2.24) is 5.32 Å². The van der Waals surface area contributed by atoms with Gasteiger partial charge in [-0.3, -0.25) is 5.26 Å². The lowest BCUT2D eigenvalue weighted by molar-refractivity contribution is -0.277. The van der Waals surface area contributed by atoms with Crippen molar-refractivity contribution in [2.45, 2.75) is 25.9 Å². The maximum Gasteiger partial charge on any atom is 0.336 e. The molecule has 5 nitrogen and oxygen atoms in total. The Kier molecular flexibility index (Phi) is 6.64. The van der Waals surface area contributed by atoms with Crippen LogP contribution in [0.4, 0.5) is 0 Å². The predicted octanol–water partition coefficient (Wildman–Crippen LogP) is 0.319. The smallest absolute Gasteiger partial charge is 0.336 e. The Hall–Kier alpha value is -0.650. The monoisotopic (exact) mass is 177 g/mol. The van der Waals surface area contributed by atoms with Crippen LogP contribution in [0.2, 0.25) is 0 Å². The molecule has 0 fully saturated rings. The zero-order chi connectivity index (χ0) is 9.40. The summed E-state index contributed by atoms with van der Waals surface area (Å²) in [6.45, 7) is 3.40. The predicted molar refractivity (Wildman–Crippen MR) is 42.9 cm³/mol. The highest BCUT2D eigenvalue weighted by atomic mass is 17.1. The van der Waals surface area contributed by atoms with E-state index in [4.69, 9.17) is 10.4 Å². The minimum Gasteiger partial charge on any atom is -0.479 e. The molecule has 0 bridgehead atoms. The molecule has 0 amide bonds. The molecule has 0 aromatic carbocycles. The maximum absolute atomic E-state index is 10.3. The third-order valence-corrected chi connectivity index (χ3v) is 1.41. The van der Waals surface area contributed by atoms with E-state index in [0.717, 1.165) is 13.0 Å². The average molecular weight is 177 g/mol. The van der Waals surface area contributed by atoms with Crippen molar-refractivity contribution in [2.75, 3.05) is 13.1 Å². The molecule has 0 radical (unpaired) electrons. The van der Waals surface area contributed by atoms with E-state index in [1.54, 1.807) is 0 Å². The second kappa shape index (κ2) is 7.02. The van der Waals surface area contributed by atoms with Gasteiger partial charge in [0.2, 0.25) is 0 Å². The van der Waals surface area contributed by atoms with Crippen LogP contribution < -0.4 is 5.32 Å². The van der Waals surface area contributed by atoms with Gasteiger partial charge in [0, 0.05) is 6.42 Å². The van der Waals surface area contributed by atoms with E-state index in [1.807, 2.05) is 6.92 Å². The highest BCUT2D eigenvalue weighted by molar-refractivity contribution is 5.72. The van der Waals surface area contributed by atoms with Gasteiger partial charge >= 0.3 is 5.97 Å². The topological polar surface area (TPSA) is 78.8 Å². The summed E-state index contributed by atoms with van der Waals surface area (Å²) in [5, 5.41) is 19.6. The summed E-state index contributed by atoms with van der Waals surface area (Å²) in [5.74, 6) is -1.14. The Morgan fingerprint density at radius 1 is 1.58 bits per heavy atom. The lowest BCUT2D eigenvalue weighted by atomic mass is 10.2. The summed E-state index contributed by atoms with van der Waals surface area (Å²) < 4.78 is 0. The third kappa shape index (κ3) is 5.06. The minimum absolute atomic E-state index is 0.270. The van der Waals surface area contributed by atoms with Crippen molar-refractivity contribution >= 4 is 5.97 Å². The van der Waals surface area contributed by atoms with Crippen LogP contribution in [0.5, 0.6) is 0 Å². The number of aliphatic carboxylic acids is 1. The molecular formula is C7H15NO4. The number of nitrogens with one attached hydrogen (secondary N) is 1. The molecule has 72 valence electrons. The summed E-state index contributed by atoms with van der Waals surface area (Å²) in [6.07, 6.45) is 0.151. The van der Waals surface area contributed by atoms with Gasteiger partial charge in [-0.15, -0.1) is 0 Å². The summed E-state index contributed by atoms with van der Waals surface area (Å²) >= 11 is 0. The number of carboxylic acids is 1. The van der Waals surface area contributed by atoms with E-state index < -0.39 is 12.1 Å². The molecular weight excluding hydrogens is 162 g/mol. The van der Waals surface area contributed by atoms with E-state index >= 15 is 0 Å². The fraction of sp³-hybridized carbons (Fsp3) is 0.857.